The van der Waals surface area contributed by atoms with Crippen LogP contribution in [0.25, 0.3) is 16.7 Å². The molecule has 3 fully saturated rings. The minimum Gasteiger partial charge on any atom is -0.365 e. The molecule has 2 N–H and O–H groups in total. The molecule has 2 aliphatic heterocycles. The summed E-state index contributed by atoms with van der Waals surface area (Å²) in [5.41, 5.74) is 10.6. The molecule has 3 heterocycles. The van der Waals surface area contributed by atoms with E-state index in [4.69, 9.17) is 4.98 Å². The summed E-state index contributed by atoms with van der Waals surface area (Å²) in [6.07, 6.45) is 27.2. The molecule has 2 saturated heterocycles. The average molecular weight is 1160 g/mol. The van der Waals surface area contributed by atoms with Crippen LogP contribution < -0.4 is 10.6 Å². The van der Waals surface area contributed by atoms with Gasteiger partial charge in [-0.1, -0.05) is 193 Å². The van der Waals surface area contributed by atoms with E-state index >= 15 is 0 Å². The van der Waals surface area contributed by atoms with E-state index in [1.54, 1.807) is 0 Å². The van der Waals surface area contributed by atoms with Crippen LogP contribution >= 0.6 is 0 Å². The first-order valence-corrected chi connectivity index (χ1v) is 33.5. The number of hydrogen-bond acceptors (Lipinski definition) is 9. The van der Waals surface area contributed by atoms with Crippen LogP contribution in [0, 0.1) is 41.9 Å². The number of allylic oxidation sites excluding steroid dienone is 4. The highest BCUT2D eigenvalue weighted by atomic mass is 16.6. The SMILES string of the molecule is CC.CCC.CCC(C)CC(C=O)NC(=O)C(C1CCCC1)N1CCC(CN(C)CC)C1.CCC(C)CCCCNC.CCC/C=C(\CC)c1ccc(C)c(/C(CC(C)(C)CCC=O)=C(/c2cccnc2C(C)C)C(C)C)c1.O=CC1CO1. The van der Waals surface area contributed by atoms with Gasteiger partial charge in [0.25, 0.3) is 0 Å². The number of benzene rings is 1. The van der Waals surface area contributed by atoms with Gasteiger partial charge >= 0.3 is 0 Å². The Bertz CT molecular complexity index is 2090. The Kier molecular flexibility index (Phi) is 44.3. The summed E-state index contributed by atoms with van der Waals surface area (Å²) < 4.78 is 4.49. The van der Waals surface area contributed by atoms with Crippen molar-refractivity contribution in [2.24, 2.45) is 35.0 Å². The first-order valence-electron chi connectivity index (χ1n) is 33.5. The predicted molar refractivity (Wildman–Crippen MR) is 359 cm³/mol. The zero-order chi connectivity index (χ0) is 62.9. The molecule has 83 heavy (non-hydrogen) atoms. The molecule has 2 aromatic rings. The number of nitrogens with zero attached hydrogens (tertiary/aromatic N) is 3. The number of ether oxygens (including phenoxy) is 1. The number of epoxide rings is 1. The van der Waals surface area contributed by atoms with Gasteiger partial charge in [0, 0.05) is 25.7 Å². The molecule has 5 rings (SSSR count). The molecule has 0 radical (unpaired) electrons. The molecule has 3 aliphatic rings. The zero-order valence-corrected chi connectivity index (χ0v) is 57.3. The molecule has 1 aromatic carbocycles. The molecule has 0 spiro atoms. The molecule has 1 aromatic heterocycles. The van der Waals surface area contributed by atoms with E-state index in [1.165, 1.54) is 96.9 Å². The fraction of sp³-hybridized carbons (Fsp3) is 0.740. The fourth-order valence-electron chi connectivity index (χ4n) is 11.1. The van der Waals surface area contributed by atoms with E-state index in [0.29, 0.717) is 42.6 Å². The third kappa shape index (κ3) is 31.9. The fourth-order valence-corrected chi connectivity index (χ4v) is 11.1. The maximum absolute atomic E-state index is 13.2. The lowest BCUT2D eigenvalue weighted by molar-refractivity contribution is -0.130. The number of unbranched alkanes of at least 4 members (excludes halogenated alkanes) is 2. The van der Waals surface area contributed by atoms with Crippen LogP contribution in [0.4, 0.5) is 0 Å². The van der Waals surface area contributed by atoms with E-state index < -0.39 is 0 Å². The van der Waals surface area contributed by atoms with E-state index in [0.717, 1.165) is 114 Å². The van der Waals surface area contributed by atoms with Crippen LogP contribution in [-0.4, -0.2) is 111 Å². The Balaban J connectivity index is 0.00000124. The number of rotatable bonds is 31. The minimum atomic E-state index is -0.346. The van der Waals surface area contributed by atoms with Crippen LogP contribution in [0.1, 0.15) is 267 Å². The van der Waals surface area contributed by atoms with Crippen molar-refractivity contribution in [3.63, 3.8) is 0 Å². The number of hydrogen-bond donors (Lipinski definition) is 2. The molecule has 1 amide bonds. The quantitative estimate of drug-likeness (QED) is 0.0431. The third-order valence-corrected chi connectivity index (χ3v) is 16.5. The number of nitrogens with one attached hydrogen (secondary N) is 2. The van der Waals surface area contributed by atoms with Gasteiger partial charge in [-0.15, -0.1) is 0 Å². The Morgan fingerprint density at radius 2 is 1.54 bits per heavy atom. The van der Waals surface area contributed by atoms with Gasteiger partial charge in [-0.3, -0.25) is 14.7 Å². The number of amides is 1. The zero-order valence-electron chi connectivity index (χ0n) is 57.3. The smallest absolute Gasteiger partial charge is 0.238 e. The predicted octanol–water partition coefficient (Wildman–Crippen LogP) is 17.5. The largest absolute Gasteiger partial charge is 0.365 e. The number of aldehydes is 3. The van der Waals surface area contributed by atoms with Gasteiger partial charge in [0.1, 0.15) is 18.7 Å². The highest BCUT2D eigenvalue weighted by Crippen LogP contribution is 2.44. The van der Waals surface area contributed by atoms with E-state index in [-0.39, 0.29) is 29.5 Å². The normalized spacial score (nSPS) is 17.8. The summed E-state index contributed by atoms with van der Waals surface area (Å²) in [5, 5.41) is 6.25. The first-order chi connectivity index (χ1) is 39.7. The van der Waals surface area contributed by atoms with Gasteiger partial charge in [0.15, 0.2) is 6.29 Å². The number of carbonyl (C=O) groups excluding carboxylic acids is 4. The van der Waals surface area contributed by atoms with Crippen molar-refractivity contribution in [3.05, 3.63) is 70.6 Å². The van der Waals surface area contributed by atoms with Crippen LogP contribution in [0.5, 0.6) is 0 Å². The monoisotopic (exact) mass is 1160 g/mol. The number of aryl methyl sites for hydroxylation is 1. The molecular weight excluding hydrogens is 1030 g/mol. The lowest BCUT2D eigenvalue weighted by atomic mass is 9.74. The van der Waals surface area contributed by atoms with Crippen LogP contribution in [0.2, 0.25) is 0 Å². The topological polar surface area (TPSA) is 124 Å². The second-order valence-corrected chi connectivity index (χ2v) is 25.4. The van der Waals surface area contributed by atoms with Crippen molar-refractivity contribution in [1.82, 2.24) is 25.4 Å². The second kappa shape index (κ2) is 46.4. The number of aromatic nitrogens is 1. The molecule has 6 unspecified atom stereocenters. The Morgan fingerprint density at radius 1 is 0.892 bits per heavy atom. The molecule has 6 atom stereocenters. The van der Waals surface area contributed by atoms with Crippen molar-refractivity contribution in [2.45, 2.75) is 264 Å². The maximum Gasteiger partial charge on any atom is 0.238 e. The van der Waals surface area contributed by atoms with E-state index in [2.05, 4.69) is 179 Å². The molecule has 10 nitrogen and oxygen atoms in total. The summed E-state index contributed by atoms with van der Waals surface area (Å²) in [6, 6.07) is 10.9. The minimum absolute atomic E-state index is 0.00463. The van der Waals surface area contributed by atoms with Gasteiger partial charge < -0.3 is 34.7 Å². The van der Waals surface area contributed by atoms with Crippen molar-refractivity contribution >= 4 is 41.5 Å². The summed E-state index contributed by atoms with van der Waals surface area (Å²) in [5.74, 6) is 3.25. The molecule has 476 valence electrons. The number of carbonyl (C=O) groups is 4. The van der Waals surface area contributed by atoms with Gasteiger partial charge in [0.05, 0.1) is 24.4 Å². The lowest BCUT2D eigenvalue weighted by Crippen LogP contribution is -2.53. The Labute approximate surface area is 511 Å². The van der Waals surface area contributed by atoms with Crippen molar-refractivity contribution in [1.29, 1.82) is 0 Å². The van der Waals surface area contributed by atoms with Crippen molar-refractivity contribution in [3.8, 4) is 0 Å². The van der Waals surface area contributed by atoms with Gasteiger partial charge in [0.2, 0.25) is 5.91 Å². The summed E-state index contributed by atoms with van der Waals surface area (Å²) in [4.78, 5) is 55.1. The van der Waals surface area contributed by atoms with Gasteiger partial charge in [-0.05, 0) is 190 Å². The first kappa shape index (κ1) is 79.2. The van der Waals surface area contributed by atoms with Crippen LogP contribution in [0.15, 0.2) is 42.6 Å². The summed E-state index contributed by atoms with van der Waals surface area (Å²) in [7, 11) is 4.19. The third-order valence-electron chi connectivity index (χ3n) is 16.5. The summed E-state index contributed by atoms with van der Waals surface area (Å²) >= 11 is 0. The molecule has 1 aliphatic carbocycles. The molecule has 10 heteroatoms. The molecular formula is C73H129N5O5. The average Bonchev–Trinajstić information content (AvgIpc) is 4.15. The van der Waals surface area contributed by atoms with Gasteiger partial charge in [-0.25, -0.2) is 0 Å². The van der Waals surface area contributed by atoms with Crippen LogP contribution in [0.3, 0.4) is 0 Å². The standard InChI is InChI=1S/C34H49NO.C22H41N3O2.C9H21N.C3H4O2.C3H8.C2H6/c1-10-12-15-27(11-2)28-18-17-26(7)30(22-28)31(23-34(8,9)19-14-21-36)32(24(3)4)29-16-13-20-35-33(29)25(5)6;1-5-17(3)13-20(16-26)23-22(27)21(19-9-7-8-10-19)25-12-11-18(15-25)14-24(4)6-2;1-4-9(2)7-5-6-8-10-3;4-1-3-2-5-3;1-3-2;1-2/h13,15-18,20-22,24-25H,10-12,14,19,23H2,1-9H3;16-21H,5-15H2,1-4H3,(H,23,27);9-10H,4-8H2,1-3H3;1,3H,2H2;3H2,1-2H3;1-2H3/b27-15+,32-31+;;;;;. The highest BCUT2D eigenvalue weighted by molar-refractivity contribution is 5.94. The second-order valence-electron chi connectivity index (χ2n) is 25.4. The Morgan fingerprint density at radius 3 is 2.05 bits per heavy atom. The lowest BCUT2D eigenvalue weighted by Gasteiger charge is -2.33. The molecule has 1 saturated carbocycles. The summed E-state index contributed by atoms with van der Waals surface area (Å²) in [6.45, 7) is 45.8. The number of likely N-dealkylation sites (tertiary alicyclic amines) is 1. The van der Waals surface area contributed by atoms with Crippen LogP contribution in [-0.2, 0) is 23.9 Å². The van der Waals surface area contributed by atoms with E-state index in [1.807, 2.05) is 27.1 Å². The van der Waals surface area contributed by atoms with Crippen molar-refractivity contribution in [2.75, 3.05) is 53.4 Å². The number of pyridine rings is 1. The highest BCUT2D eigenvalue weighted by Gasteiger charge is 2.39. The maximum atomic E-state index is 13.2. The van der Waals surface area contributed by atoms with E-state index in [9.17, 15) is 19.2 Å². The molecule has 0 bridgehead atoms. The Hall–Kier alpha value is -3.83. The van der Waals surface area contributed by atoms with Crippen molar-refractivity contribution < 1.29 is 23.9 Å². The van der Waals surface area contributed by atoms with Gasteiger partial charge in [-0.2, -0.15) is 0 Å².